The molecule has 5 nitrogen and oxygen atoms in total. The highest BCUT2D eigenvalue weighted by atomic mass is 16.5. The van der Waals surface area contributed by atoms with Crippen LogP contribution in [-0.4, -0.2) is 29.2 Å². The topological polar surface area (TPSA) is 70.3 Å². The van der Waals surface area contributed by atoms with Gasteiger partial charge in [0.05, 0.1) is 25.1 Å². The van der Waals surface area contributed by atoms with Gasteiger partial charge in [0.2, 0.25) is 11.8 Å². The van der Waals surface area contributed by atoms with Crippen LogP contribution in [0.5, 0.6) is 11.8 Å². The quantitative estimate of drug-likeness (QED) is 0.710. The summed E-state index contributed by atoms with van der Waals surface area (Å²) in [6.45, 7) is 5.03. The summed E-state index contributed by atoms with van der Waals surface area (Å²) in [6, 6.07) is 0. The van der Waals surface area contributed by atoms with Crippen LogP contribution in [0, 0.1) is 0 Å². The third kappa shape index (κ3) is 4.60. The van der Waals surface area contributed by atoms with Crippen LogP contribution < -0.4 is 15.2 Å². The van der Waals surface area contributed by atoms with Gasteiger partial charge >= 0.3 is 0 Å². The SMILES string of the molecule is CC(C)Oc1cncc(OCCCN)n1. The van der Waals surface area contributed by atoms with Crippen LogP contribution in [-0.2, 0) is 0 Å². The Kier molecular flexibility index (Phi) is 4.83. The summed E-state index contributed by atoms with van der Waals surface area (Å²) < 4.78 is 10.7. The second kappa shape index (κ2) is 6.19. The molecule has 0 bridgehead atoms. The van der Waals surface area contributed by atoms with Crippen molar-refractivity contribution in [3.8, 4) is 11.8 Å². The summed E-state index contributed by atoms with van der Waals surface area (Å²) in [5, 5.41) is 0. The van der Waals surface area contributed by atoms with Crippen LogP contribution in [0.4, 0.5) is 0 Å². The zero-order chi connectivity index (χ0) is 11.1. The average Bonchev–Trinajstić information content (AvgIpc) is 2.18. The third-order valence-electron chi connectivity index (χ3n) is 1.55. The molecule has 0 aliphatic carbocycles. The molecule has 0 saturated heterocycles. The van der Waals surface area contributed by atoms with Crippen LogP contribution in [0.2, 0.25) is 0 Å². The highest BCUT2D eigenvalue weighted by molar-refractivity contribution is 5.12. The highest BCUT2D eigenvalue weighted by Crippen LogP contribution is 2.12. The first-order chi connectivity index (χ1) is 7.22. The zero-order valence-corrected chi connectivity index (χ0v) is 9.14. The Morgan fingerprint density at radius 1 is 1.33 bits per heavy atom. The summed E-state index contributed by atoms with van der Waals surface area (Å²) >= 11 is 0. The van der Waals surface area contributed by atoms with Gasteiger partial charge in [-0.15, -0.1) is 0 Å². The molecule has 0 saturated carbocycles. The van der Waals surface area contributed by atoms with E-state index in [2.05, 4.69) is 9.97 Å². The van der Waals surface area contributed by atoms with E-state index in [1.807, 2.05) is 13.8 Å². The molecule has 0 unspecified atom stereocenters. The molecule has 84 valence electrons. The highest BCUT2D eigenvalue weighted by Gasteiger charge is 2.02. The van der Waals surface area contributed by atoms with E-state index in [4.69, 9.17) is 15.2 Å². The molecule has 0 atom stereocenters. The first-order valence-electron chi connectivity index (χ1n) is 5.04. The van der Waals surface area contributed by atoms with Gasteiger partial charge in [0.25, 0.3) is 0 Å². The van der Waals surface area contributed by atoms with Crippen molar-refractivity contribution in [2.24, 2.45) is 5.73 Å². The van der Waals surface area contributed by atoms with Gasteiger partial charge in [0.15, 0.2) is 0 Å². The number of hydrogen-bond acceptors (Lipinski definition) is 5. The van der Waals surface area contributed by atoms with Crippen molar-refractivity contribution in [1.29, 1.82) is 0 Å². The van der Waals surface area contributed by atoms with E-state index in [0.29, 0.717) is 24.9 Å². The summed E-state index contributed by atoms with van der Waals surface area (Å²) in [7, 11) is 0. The van der Waals surface area contributed by atoms with Crippen molar-refractivity contribution >= 4 is 0 Å². The van der Waals surface area contributed by atoms with E-state index >= 15 is 0 Å². The Morgan fingerprint density at radius 3 is 2.73 bits per heavy atom. The van der Waals surface area contributed by atoms with Gasteiger partial charge in [0, 0.05) is 0 Å². The van der Waals surface area contributed by atoms with Crippen molar-refractivity contribution < 1.29 is 9.47 Å². The van der Waals surface area contributed by atoms with E-state index in [-0.39, 0.29) is 6.10 Å². The lowest BCUT2D eigenvalue weighted by atomic mass is 10.5. The van der Waals surface area contributed by atoms with Crippen LogP contribution in [0.1, 0.15) is 20.3 Å². The molecule has 0 aliphatic rings. The molecule has 0 aliphatic heterocycles. The number of hydrogen-bond donors (Lipinski definition) is 1. The third-order valence-corrected chi connectivity index (χ3v) is 1.55. The van der Waals surface area contributed by atoms with E-state index in [0.717, 1.165) is 6.42 Å². The Balaban J connectivity index is 2.50. The molecule has 1 aromatic rings. The van der Waals surface area contributed by atoms with E-state index in [1.54, 1.807) is 12.4 Å². The van der Waals surface area contributed by atoms with Crippen molar-refractivity contribution in [1.82, 2.24) is 9.97 Å². The molecule has 0 fully saturated rings. The fraction of sp³-hybridized carbons (Fsp3) is 0.600. The molecule has 5 heteroatoms. The monoisotopic (exact) mass is 211 g/mol. The molecule has 0 amide bonds. The van der Waals surface area contributed by atoms with Crippen LogP contribution >= 0.6 is 0 Å². The minimum absolute atomic E-state index is 0.0820. The number of rotatable bonds is 6. The summed E-state index contributed by atoms with van der Waals surface area (Å²) in [5.41, 5.74) is 5.35. The lowest BCUT2D eigenvalue weighted by Crippen LogP contribution is -2.09. The van der Waals surface area contributed by atoms with Gasteiger partial charge in [-0.25, -0.2) is 0 Å². The van der Waals surface area contributed by atoms with Gasteiger partial charge in [0.1, 0.15) is 0 Å². The molecular weight excluding hydrogens is 194 g/mol. The Hall–Kier alpha value is -1.36. The van der Waals surface area contributed by atoms with Crippen molar-refractivity contribution in [3.63, 3.8) is 0 Å². The lowest BCUT2D eigenvalue weighted by molar-refractivity contribution is 0.224. The van der Waals surface area contributed by atoms with Gasteiger partial charge in [-0.05, 0) is 26.8 Å². The average molecular weight is 211 g/mol. The summed E-state index contributed by atoms with van der Waals surface area (Å²) in [4.78, 5) is 8.11. The van der Waals surface area contributed by atoms with Crippen LogP contribution in [0.15, 0.2) is 12.4 Å². The van der Waals surface area contributed by atoms with Gasteiger partial charge in [-0.1, -0.05) is 0 Å². The number of ether oxygens (including phenoxy) is 2. The maximum atomic E-state index is 5.38. The fourth-order valence-corrected chi connectivity index (χ4v) is 0.959. The predicted molar refractivity (Wildman–Crippen MR) is 57.0 cm³/mol. The zero-order valence-electron chi connectivity index (χ0n) is 9.14. The molecule has 1 heterocycles. The standard InChI is InChI=1S/C10H17N3O2/c1-8(2)15-10-7-12-6-9(13-10)14-5-3-4-11/h6-8H,3-5,11H2,1-2H3. The minimum Gasteiger partial charge on any atom is -0.476 e. The number of nitrogens with zero attached hydrogens (tertiary/aromatic N) is 2. The van der Waals surface area contributed by atoms with Gasteiger partial charge in [-0.2, -0.15) is 4.98 Å². The lowest BCUT2D eigenvalue weighted by Gasteiger charge is -2.09. The maximum Gasteiger partial charge on any atom is 0.235 e. The molecular formula is C10H17N3O2. The van der Waals surface area contributed by atoms with Gasteiger partial charge in [-0.3, -0.25) is 4.98 Å². The first-order valence-corrected chi connectivity index (χ1v) is 5.04. The second-order valence-electron chi connectivity index (χ2n) is 3.35. The molecule has 0 spiro atoms. The summed E-state index contributed by atoms with van der Waals surface area (Å²) in [6.07, 6.45) is 4.01. The molecule has 2 N–H and O–H groups in total. The normalized spacial score (nSPS) is 10.4. The molecule has 1 aromatic heterocycles. The van der Waals surface area contributed by atoms with Crippen LogP contribution in [0.3, 0.4) is 0 Å². The van der Waals surface area contributed by atoms with E-state index in [9.17, 15) is 0 Å². The molecule has 15 heavy (non-hydrogen) atoms. The number of aromatic nitrogens is 2. The predicted octanol–water partition coefficient (Wildman–Crippen LogP) is 0.991. The molecule has 1 rings (SSSR count). The molecule has 0 aromatic carbocycles. The Morgan fingerprint density at radius 2 is 2.07 bits per heavy atom. The largest absolute Gasteiger partial charge is 0.476 e. The fourth-order valence-electron chi connectivity index (χ4n) is 0.959. The van der Waals surface area contributed by atoms with Crippen molar-refractivity contribution in [2.45, 2.75) is 26.4 Å². The van der Waals surface area contributed by atoms with Crippen LogP contribution in [0.25, 0.3) is 0 Å². The summed E-state index contributed by atoms with van der Waals surface area (Å²) in [5.74, 6) is 0.955. The minimum atomic E-state index is 0.0820. The second-order valence-corrected chi connectivity index (χ2v) is 3.35. The van der Waals surface area contributed by atoms with Gasteiger partial charge < -0.3 is 15.2 Å². The van der Waals surface area contributed by atoms with Crippen molar-refractivity contribution in [3.05, 3.63) is 12.4 Å². The number of nitrogens with two attached hydrogens (primary N) is 1. The van der Waals surface area contributed by atoms with Crippen molar-refractivity contribution in [2.75, 3.05) is 13.2 Å². The molecule has 0 radical (unpaired) electrons. The van der Waals surface area contributed by atoms with E-state index < -0.39 is 0 Å². The Labute approximate surface area is 89.6 Å². The Bertz CT molecular complexity index is 292. The maximum absolute atomic E-state index is 5.38. The smallest absolute Gasteiger partial charge is 0.235 e. The first kappa shape index (κ1) is 11.7. The van der Waals surface area contributed by atoms with E-state index in [1.165, 1.54) is 0 Å².